The summed E-state index contributed by atoms with van der Waals surface area (Å²) in [4.78, 5) is 11.3. The van der Waals surface area contributed by atoms with Crippen LogP contribution < -0.4 is 11.1 Å². The molecule has 0 bridgehead atoms. The Labute approximate surface area is 81.8 Å². The molecule has 0 spiro atoms. The molecule has 0 radical (unpaired) electrons. The minimum absolute atomic E-state index is 0.0272. The summed E-state index contributed by atoms with van der Waals surface area (Å²) in [5.74, 6) is 0.115. The molecule has 0 unspecified atom stereocenters. The normalized spacial score (nSPS) is 39.2. The summed E-state index contributed by atoms with van der Waals surface area (Å²) in [7, 11) is 0. The number of esters is 1. The van der Waals surface area contributed by atoms with Crippen molar-refractivity contribution in [3.63, 3.8) is 0 Å². The Bertz CT molecular complexity index is 290. The molecule has 2 aliphatic rings. The van der Waals surface area contributed by atoms with E-state index >= 15 is 0 Å². The van der Waals surface area contributed by atoms with Gasteiger partial charge in [-0.2, -0.15) is 0 Å². The first-order valence-electron chi connectivity index (χ1n) is 4.21. The zero-order valence-electron chi connectivity index (χ0n) is 7.53. The smallest absolute Gasteiger partial charge is 0.311 e. The third-order valence-corrected chi connectivity index (χ3v) is 3.14. The fourth-order valence-electron chi connectivity index (χ4n) is 2.22. The van der Waals surface area contributed by atoms with Crippen LogP contribution in [0.2, 0.25) is 0 Å². The summed E-state index contributed by atoms with van der Waals surface area (Å²) < 4.78 is 5.05. The fraction of sp³-hybridized carbons (Fsp3) is 0.750. The maximum absolute atomic E-state index is 11.3. The van der Waals surface area contributed by atoms with Crippen molar-refractivity contribution >= 4 is 23.3 Å². The van der Waals surface area contributed by atoms with Gasteiger partial charge >= 0.3 is 5.97 Å². The molecule has 13 heavy (non-hydrogen) atoms. The van der Waals surface area contributed by atoms with Gasteiger partial charge in [-0.05, 0) is 17.6 Å². The third kappa shape index (κ3) is 1.10. The van der Waals surface area contributed by atoms with Crippen LogP contribution in [0.25, 0.3) is 0 Å². The van der Waals surface area contributed by atoms with Crippen molar-refractivity contribution in [1.82, 2.24) is 5.32 Å². The first-order chi connectivity index (χ1) is 5.94. The molecule has 0 aromatic heterocycles. The van der Waals surface area contributed by atoms with Crippen LogP contribution in [0.15, 0.2) is 0 Å². The van der Waals surface area contributed by atoms with Crippen LogP contribution in [0.3, 0.4) is 0 Å². The molecule has 1 heterocycles. The number of carbonyl (C=O) groups excluding carboxylic acids is 1. The van der Waals surface area contributed by atoms with Gasteiger partial charge in [0.05, 0.1) is 5.92 Å². The average molecular weight is 200 g/mol. The molecule has 1 aliphatic heterocycles. The van der Waals surface area contributed by atoms with Gasteiger partial charge in [-0.3, -0.25) is 4.79 Å². The second-order valence-corrected chi connectivity index (χ2v) is 4.63. The molecule has 1 saturated carbocycles. The van der Waals surface area contributed by atoms with Crippen molar-refractivity contribution in [1.29, 1.82) is 0 Å². The largest absolute Gasteiger partial charge is 0.441 e. The third-order valence-electron chi connectivity index (χ3n) is 3.02. The molecule has 0 aromatic rings. The number of carbonyl (C=O) groups is 1. The number of rotatable bonds is 1. The van der Waals surface area contributed by atoms with Crippen molar-refractivity contribution in [3.8, 4) is 0 Å². The van der Waals surface area contributed by atoms with E-state index in [9.17, 15) is 4.79 Å². The number of ether oxygens (including phenoxy) is 1. The number of thiocarbonyl (C=S) groups is 1. The van der Waals surface area contributed by atoms with E-state index in [2.05, 4.69) is 19.2 Å². The second-order valence-electron chi connectivity index (χ2n) is 4.19. The van der Waals surface area contributed by atoms with Crippen LogP contribution in [0.4, 0.5) is 0 Å². The highest BCUT2D eigenvalue weighted by Crippen LogP contribution is 2.64. The number of cyclic esters (lactones) is 1. The highest BCUT2D eigenvalue weighted by molar-refractivity contribution is 7.80. The Balaban J connectivity index is 2.10. The molecule has 4 nitrogen and oxygen atoms in total. The molecule has 0 aromatic carbocycles. The number of nitrogens with two attached hydrogens (primary N) is 1. The zero-order chi connectivity index (χ0) is 9.80. The van der Waals surface area contributed by atoms with Gasteiger partial charge < -0.3 is 15.8 Å². The fourth-order valence-corrected chi connectivity index (χ4v) is 2.34. The van der Waals surface area contributed by atoms with E-state index in [-0.39, 0.29) is 34.6 Å². The van der Waals surface area contributed by atoms with Gasteiger partial charge in [-0.1, -0.05) is 13.8 Å². The minimum atomic E-state index is -0.315. The molecule has 2 rings (SSSR count). The molecule has 1 saturated heterocycles. The summed E-state index contributed by atoms with van der Waals surface area (Å²) in [6.07, 6.45) is -0.315. The number of nitrogens with one attached hydrogen (secondary N) is 1. The first kappa shape index (κ1) is 8.74. The van der Waals surface area contributed by atoms with Crippen molar-refractivity contribution in [3.05, 3.63) is 0 Å². The van der Waals surface area contributed by atoms with E-state index in [1.54, 1.807) is 0 Å². The van der Waals surface area contributed by atoms with Crippen LogP contribution >= 0.6 is 12.2 Å². The van der Waals surface area contributed by atoms with E-state index < -0.39 is 0 Å². The summed E-state index contributed by atoms with van der Waals surface area (Å²) in [6.45, 7) is 4.11. The lowest BCUT2D eigenvalue weighted by molar-refractivity contribution is -0.147. The lowest BCUT2D eigenvalue weighted by Crippen LogP contribution is -2.41. The first-order valence-corrected chi connectivity index (χ1v) is 4.62. The van der Waals surface area contributed by atoms with Crippen LogP contribution in [-0.2, 0) is 9.53 Å². The number of fused-ring (bicyclic) bond motifs is 1. The van der Waals surface area contributed by atoms with Crippen molar-refractivity contribution in [2.45, 2.75) is 20.1 Å². The van der Waals surface area contributed by atoms with Gasteiger partial charge in [-0.15, -0.1) is 0 Å². The van der Waals surface area contributed by atoms with Crippen LogP contribution in [0.1, 0.15) is 13.8 Å². The standard InChI is InChI=1S/C8H12N2O2S/c1-8(2)3-4(8)6(11)12-5(3)10-7(9)13/h3-5H,1-2H3,(H3,9,10,13)/t3-,4+,5-/m1/s1. The minimum Gasteiger partial charge on any atom is -0.441 e. The molecular weight excluding hydrogens is 188 g/mol. The molecule has 3 N–H and O–H groups in total. The molecule has 3 atom stereocenters. The predicted octanol–water partition coefficient (Wildman–Crippen LogP) is -0.0253. The van der Waals surface area contributed by atoms with Crippen molar-refractivity contribution < 1.29 is 9.53 Å². The maximum atomic E-state index is 11.3. The SMILES string of the molecule is CC1(C)[C@H]2[C@H](NC(N)=S)OC(=O)[C@H]21. The Morgan fingerprint density at radius 2 is 2.31 bits per heavy atom. The maximum Gasteiger partial charge on any atom is 0.311 e. The van der Waals surface area contributed by atoms with Crippen molar-refractivity contribution in [2.24, 2.45) is 23.0 Å². The summed E-state index contributed by atoms with van der Waals surface area (Å²) >= 11 is 4.69. The summed E-state index contributed by atoms with van der Waals surface area (Å²) in [5, 5.41) is 2.97. The van der Waals surface area contributed by atoms with E-state index in [0.717, 1.165) is 0 Å². The van der Waals surface area contributed by atoms with Crippen molar-refractivity contribution in [2.75, 3.05) is 0 Å². The van der Waals surface area contributed by atoms with Gasteiger partial charge in [0.25, 0.3) is 0 Å². The molecule has 5 heteroatoms. The Morgan fingerprint density at radius 3 is 2.69 bits per heavy atom. The zero-order valence-corrected chi connectivity index (χ0v) is 8.35. The molecule has 72 valence electrons. The highest BCUT2D eigenvalue weighted by Gasteiger charge is 2.71. The molecule has 2 fully saturated rings. The van der Waals surface area contributed by atoms with Crippen LogP contribution in [0, 0.1) is 17.3 Å². The molecular formula is C8H12N2O2S. The predicted molar refractivity (Wildman–Crippen MR) is 50.6 cm³/mol. The highest BCUT2D eigenvalue weighted by atomic mass is 32.1. The van der Waals surface area contributed by atoms with Crippen LogP contribution in [-0.4, -0.2) is 17.3 Å². The van der Waals surface area contributed by atoms with Gasteiger partial charge in [0, 0.05) is 5.92 Å². The monoisotopic (exact) mass is 200 g/mol. The van der Waals surface area contributed by atoms with Gasteiger partial charge in [0.1, 0.15) is 0 Å². The summed E-state index contributed by atoms with van der Waals surface area (Å²) in [5.41, 5.74) is 5.36. The van der Waals surface area contributed by atoms with E-state index in [1.165, 1.54) is 0 Å². The van der Waals surface area contributed by atoms with E-state index in [0.29, 0.717) is 0 Å². The Hall–Kier alpha value is -0.840. The Morgan fingerprint density at radius 1 is 1.69 bits per heavy atom. The quantitative estimate of drug-likeness (QED) is 0.460. The van der Waals surface area contributed by atoms with E-state index in [1.807, 2.05) is 0 Å². The lowest BCUT2D eigenvalue weighted by Gasteiger charge is -2.18. The summed E-state index contributed by atoms with van der Waals surface area (Å²) in [6, 6.07) is 0. The molecule has 0 amide bonds. The average Bonchev–Trinajstić information content (AvgIpc) is 2.31. The van der Waals surface area contributed by atoms with Gasteiger partial charge in [-0.25, -0.2) is 0 Å². The van der Waals surface area contributed by atoms with Gasteiger partial charge in [0.2, 0.25) is 0 Å². The number of hydrogen-bond acceptors (Lipinski definition) is 3. The van der Waals surface area contributed by atoms with Gasteiger partial charge in [0.15, 0.2) is 11.3 Å². The topological polar surface area (TPSA) is 64.3 Å². The second kappa shape index (κ2) is 2.35. The molecule has 1 aliphatic carbocycles. The lowest BCUT2D eigenvalue weighted by atomic mass is 10.1. The Kier molecular flexibility index (Phi) is 1.58. The van der Waals surface area contributed by atoms with Crippen LogP contribution in [0.5, 0.6) is 0 Å². The number of hydrogen-bond donors (Lipinski definition) is 2. The van der Waals surface area contributed by atoms with E-state index in [4.69, 9.17) is 22.7 Å².